The first-order valence-corrected chi connectivity index (χ1v) is 9.05. The van der Waals surface area contributed by atoms with Crippen LogP contribution in [0.3, 0.4) is 0 Å². The molecule has 2 aromatic carbocycles. The number of rotatable bonds is 3. The third-order valence-corrected chi connectivity index (χ3v) is 5.28. The second kappa shape index (κ2) is 6.19. The predicted molar refractivity (Wildman–Crippen MR) is 99.4 cm³/mol. The molecule has 0 spiro atoms. The Bertz CT molecular complexity index is 929. The summed E-state index contributed by atoms with van der Waals surface area (Å²) < 4.78 is 10.7. The average molecular weight is 365 g/mol. The molecule has 2 aromatic rings. The first-order chi connectivity index (χ1) is 13.2. The molecule has 0 N–H and O–H groups in total. The van der Waals surface area contributed by atoms with Gasteiger partial charge in [0.05, 0.1) is 0 Å². The molecule has 27 heavy (non-hydrogen) atoms. The van der Waals surface area contributed by atoms with Gasteiger partial charge in [-0.1, -0.05) is 18.2 Å². The fraction of sp³-hybridized carbons (Fsp3) is 0.300. The highest BCUT2D eigenvalue weighted by Crippen LogP contribution is 2.36. The zero-order valence-electron chi connectivity index (χ0n) is 14.8. The van der Waals surface area contributed by atoms with Gasteiger partial charge in [-0.3, -0.25) is 9.69 Å². The zero-order chi connectivity index (χ0) is 18.4. The molecule has 3 aliphatic heterocycles. The van der Waals surface area contributed by atoms with Gasteiger partial charge in [-0.05, 0) is 30.2 Å². The van der Waals surface area contributed by atoms with Gasteiger partial charge in [0.15, 0.2) is 11.5 Å². The highest BCUT2D eigenvalue weighted by atomic mass is 16.7. The second-order valence-corrected chi connectivity index (χ2v) is 6.82. The second-order valence-electron chi connectivity index (χ2n) is 6.82. The molecule has 0 atom stereocenters. The van der Waals surface area contributed by atoms with Crippen LogP contribution in [0.2, 0.25) is 0 Å². The van der Waals surface area contributed by atoms with Crippen molar-refractivity contribution in [1.82, 2.24) is 4.90 Å². The Morgan fingerprint density at radius 2 is 1.85 bits per heavy atom. The molecular formula is C20H19N3O4. The molecule has 0 aromatic heterocycles. The maximum absolute atomic E-state index is 12.8. The summed E-state index contributed by atoms with van der Waals surface area (Å²) in [6, 6.07) is 13.2. The molecule has 0 saturated carbocycles. The van der Waals surface area contributed by atoms with E-state index < -0.39 is 0 Å². The lowest BCUT2D eigenvalue weighted by atomic mass is 10.2. The molecule has 0 unspecified atom stereocenters. The Labute approximate surface area is 156 Å². The summed E-state index contributed by atoms with van der Waals surface area (Å²) in [5.41, 5.74) is 2.90. The van der Waals surface area contributed by atoms with Gasteiger partial charge in [0.1, 0.15) is 6.54 Å². The number of hydrogen-bond acceptors (Lipinski definition) is 4. The first-order valence-electron chi connectivity index (χ1n) is 9.05. The van der Waals surface area contributed by atoms with Crippen LogP contribution in [0.25, 0.3) is 0 Å². The smallest absolute Gasteiger partial charge is 0.325 e. The molecule has 138 valence electrons. The van der Waals surface area contributed by atoms with Crippen LogP contribution in [0.1, 0.15) is 5.56 Å². The van der Waals surface area contributed by atoms with Gasteiger partial charge < -0.3 is 19.3 Å². The molecule has 1 fully saturated rings. The molecule has 7 nitrogen and oxygen atoms in total. The summed E-state index contributed by atoms with van der Waals surface area (Å²) in [5, 5.41) is 0. The van der Waals surface area contributed by atoms with E-state index in [1.807, 2.05) is 36.4 Å². The van der Waals surface area contributed by atoms with Crippen LogP contribution in [0.5, 0.6) is 11.5 Å². The Morgan fingerprint density at radius 1 is 1.00 bits per heavy atom. The van der Waals surface area contributed by atoms with Crippen molar-refractivity contribution in [3.63, 3.8) is 0 Å². The van der Waals surface area contributed by atoms with E-state index in [-0.39, 0.29) is 25.3 Å². The van der Waals surface area contributed by atoms with Gasteiger partial charge in [0.2, 0.25) is 12.7 Å². The van der Waals surface area contributed by atoms with E-state index in [1.54, 1.807) is 20.8 Å². The van der Waals surface area contributed by atoms with Gasteiger partial charge >= 0.3 is 6.03 Å². The van der Waals surface area contributed by atoms with Crippen molar-refractivity contribution in [2.24, 2.45) is 0 Å². The van der Waals surface area contributed by atoms with Crippen LogP contribution in [0, 0.1) is 0 Å². The molecule has 0 radical (unpaired) electrons. The van der Waals surface area contributed by atoms with E-state index in [0.29, 0.717) is 31.1 Å². The van der Waals surface area contributed by atoms with E-state index in [9.17, 15) is 9.59 Å². The largest absolute Gasteiger partial charge is 0.454 e. The zero-order valence-corrected chi connectivity index (χ0v) is 14.8. The van der Waals surface area contributed by atoms with Crippen molar-refractivity contribution in [1.29, 1.82) is 0 Å². The topological polar surface area (TPSA) is 62.3 Å². The summed E-state index contributed by atoms with van der Waals surface area (Å²) >= 11 is 0. The average Bonchev–Trinajstić information content (AvgIpc) is 3.40. The summed E-state index contributed by atoms with van der Waals surface area (Å²) in [7, 11) is 0. The van der Waals surface area contributed by atoms with Crippen LogP contribution >= 0.6 is 0 Å². The van der Waals surface area contributed by atoms with Crippen LogP contribution in [-0.4, -0.2) is 49.8 Å². The first kappa shape index (κ1) is 16.0. The molecule has 3 heterocycles. The van der Waals surface area contributed by atoms with Gasteiger partial charge in [0.25, 0.3) is 0 Å². The minimum atomic E-state index is -0.158. The molecule has 3 aliphatic rings. The lowest BCUT2D eigenvalue weighted by Crippen LogP contribution is -2.41. The third kappa shape index (κ3) is 2.66. The Morgan fingerprint density at radius 3 is 2.78 bits per heavy atom. The number of para-hydroxylation sites is 1. The Balaban J connectivity index is 1.29. The number of urea groups is 1. The highest BCUT2D eigenvalue weighted by Gasteiger charge is 2.34. The molecule has 1 saturated heterocycles. The molecule has 3 amide bonds. The van der Waals surface area contributed by atoms with Crippen LogP contribution < -0.4 is 19.3 Å². The predicted octanol–water partition coefficient (Wildman–Crippen LogP) is 2.25. The highest BCUT2D eigenvalue weighted by molar-refractivity contribution is 6.01. The van der Waals surface area contributed by atoms with E-state index in [2.05, 4.69) is 0 Å². The van der Waals surface area contributed by atoms with E-state index >= 15 is 0 Å². The summed E-state index contributed by atoms with van der Waals surface area (Å²) in [4.78, 5) is 30.7. The molecule has 0 aliphatic carbocycles. The Hall–Kier alpha value is -3.22. The number of carbonyl (C=O) groups is 2. The van der Waals surface area contributed by atoms with E-state index in [1.165, 1.54) is 5.56 Å². The van der Waals surface area contributed by atoms with Crippen LogP contribution in [-0.2, 0) is 11.2 Å². The molecular weight excluding hydrogens is 346 g/mol. The Kier molecular flexibility index (Phi) is 3.67. The molecule has 0 bridgehead atoms. The van der Waals surface area contributed by atoms with Gasteiger partial charge in [0, 0.05) is 37.1 Å². The standard InChI is InChI=1S/C20H19N3O4/c24-19(23-8-7-14-3-1-2-4-16(14)23)12-21-9-10-22(20(21)25)15-5-6-17-18(11-15)27-13-26-17/h1-6,11H,7-10,12-13H2. The van der Waals surface area contributed by atoms with Crippen molar-refractivity contribution >= 4 is 23.3 Å². The summed E-state index contributed by atoms with van der Waals surface area (Å²) in [6.07, 6.45) is 0.860. The van der Waals surface area contributed by atoms with Crippen molar-refractivity contribution in [2.75, 3.05) is 42.8 Å². The third-order valence-electron chi connectivity index (χ3n) is 5.28. The van der Waals surface area contributed by atoms with Crippen molar-refractivity contribution < 1.29 is 19.1 Å². The monoisotopic (exact) mass is 365 g/mol. The normalized spacial score (nSPS) is 17.6. The lowest BCUT2D eigenvalue weighted by molar-refractivity contribution is -0.118. The lowest BCUT2D eigenvalue weighted by Gasteiger charge is -2.22. The fourth-order valence-electron chi connectivity index (χ4n) is 3.87. The number of fused-ring (bicyclic) bond motifs is 2. The minimum Gasteiger partial charge on any atom is -0.454 e. The quantitative estimate of drug-likeness (QED) is 0.837. The number of anilines is 2. The van der Waals surface area contributed by atoms with Gasteiger partial charge in [-0.25, -0.2) is 4.79 Å². The number of carbonyl (C=O) groups excluding carboxylic acids is 2. The number of hydrogen-bond donors (Lipinski definition) is 0. The number of nitrogens with zero attached hydrogens (tertiary/aromatic N) is 3. The minimum absolute atomic E-state index is 0.0409. The van der Waals surface area contributed by atoms with Crippen molar-refractivity contribution in [3.05, 3.63) is 48.0 Å². The number of ether oxygens (including phenoxy) is 2. The maximum atomic E-state index is 12.8. The van der Waals surface area contributed by atoms with E-state index in [0.717, 1.165) is 17.8 Å². The number of amides is 3. The van der Waals surface area contributed by atoms with Gasteiger partial charge in [-0.15, -0.1) is 0 Å². The number of benzene rings is 2. The summed E-state index contributed by atoms with van der Waals surface area (Å²) in [5.74, 6) is 1.29. The van der Waals surface area contributed by atoms with Crippen LogP contribution in [0.4, 0.5) is 16.2 Å². The van der Waals surface area contributed by atoms with E-state index in [4.69, 9.17) is 9.47 Å². The summed E-state index contributed by atoms with van der Waals surface area (Å²) in [6.45, 7) is 2.03. The van der Waals surface area contributed by atoms with Gasteiger partial charge in [-0.2, -0.15) is 0 Å². The van der Waals surface area contributed by atoms with Crippen molar-refractivity contribution in [3.8, 4) is 11.5 Å². The molecule has 7 heteroatoms. The fourth-order valence-corrected chi connectivity index (χ4v) is 3.87. The van der Waals surface area contributed by atoms with Crippen LogP contribution in [0.15, 0.2) is 42.5 Å². The maximum Gasteiger partial charge on any atom is 0.325 e. The SMILES string of the molecule is O=C1N(CC(=O)N2CCc3ccccc32)CCN1c1ccc2c(c1)OCO2. The molecule has 5 rings (SSSR count). The van der Waals surface area contributed by atoms with Crippen molar-refractivity contribution in [2.45, 2.75) is 6.42 Å².